The Labute approximate surface area is 194 Å². The standard InChI is InChI=1S/C24H22F3N5O2/c1-2-22(33)32-17-7-8-21(31-16-5-3-15(4-6-16)24(25,26)27)20(11-17)23-28-12-19(13-29-23)30-18-9-10-34-14-18/h2-8,11-13,18,30-31H,1,9-10,14H2,(H,32,33). The Balaban J connectivity index is 1.62. The monoisotopic (exact) mass is 469 g/mol. The summed E-state index contributed by atoms with van der Waals surface area (Å²) in [5, 5.41) is 9.10. The van der Waals surface area contributed by atoms with Gasteiger partial charge in [0.05, 0.1) is 36.3 Å². The van der Waals surface area contributed by atoms with Crippen LogP contribution in [0.2, 0.25) is 0 Å². The van der Waals surface area contributed by atoms with Crippen LogP contribution in [0.5, 0.6) is 0 Å². The molecule has 2 aromatic carbocycles. The molecule has 0 spiro atoms. The molecule has 0 bridgehead atoms. The molecule has 176 valence electrons. The fourth-order valence-electron chi connectivity index (χ4n) is 3.43. The Bertz CT molecular complexity index is 1160. The largest absolute Gasteiger partial charge is 0.416 e. The van der Waals surface area contributed by atoms with Gasteiger partial charge in [-0.25, -0.2) is 9.97 Å². The number of rotatable bonds is 7. The molecule has 0 aliphatic carbocycles. The predicted molar refractivity (Wildman–Crippen MR) is 124 cm³/mol. The molecule has 4 rings (SSSR count). The lowest BCUT2D eigenvalue weighted by atomic mass is 10.1. The maximum Gasteiger partial charge on any atom is 0.416 e. The van der Waals surface area contributed by atoms with Gasteiger partial charge >= 0.3 is 6.18 Å². The van der Waals surface area contributed by atoms with E-state index in [1.165, 1.54) is 12.1 Å². The number of carbonyl (C=O) groups is 1. The average Bonchev–Trinajstić information content (AvgIpc) is 3.33. The van der Waals surface area contributed by atoms with E-state index in [4.69, 9.17) is 4.74 Å². The van der Waals surface area contributed by atoms with Crippen molar-refractivity contribution in [1.29, 1.82) is 0 Å². The summed E-state index contributed by atoms with van der Waals surface area (Å²) in [6.07, 6.45) is 0.934. The van der Waals surface area contributed by atoms with Crippen molar-refractivity contribution in [2.45, 2.75) is 18.6 Å². The summed E-state index contributed by atoms with van der Waals surface area (Å²) in [5.41, 5.74) is 2.06. The number of hydrogen-bond donors (Lipinski definition) is 3. The lowest BCUT2D eigenvalue weighted by Crippen LogP contribution is -2.19. The number of nitrogens with one attached hydrogen (secondary N) is 3. The van der Waals surface area contributed by atoms with Gasteiger partial charge in [-0.3, -0.25) is 4.79 Å². The topological polar surface area (TPSA) is 88.2 Å². The molecule has 1 aromatic heterocycles. The van der Waals surface area contributed by atoms with Crippen molar-refractivity contribution in [3.63, 3.8) is 0 Å². The first-order valence-corrected chi connectivity index (χ1v) is 10.5. The maximum absolute atomic E-state index is 12.9. The summed E-state index contributed by atoms with van der Waals surface area (Å²) >= 11 is 0. The minimum absolute atomic E-state index is 0.198. The third-order valence-corrected chi connectivity index (χ3v) is 5.16. The van der Waals surface area contributed by atoms with Gasteiger partial charge in [0.15, 0.2) is 5.82 Å². The second kappa shape index (κ2) is 9.92. The number of anilines is 4. The molecule has 0 saturated carbocycles. The highest BCUT2D eigenvalue weighted by atomic mass is 19.4. The molecule has 1 aliphatic heterocycles. The summed E-state index contributed by atoms with van der Waals surface area (Å²) in [4.78, 5) is 20.6. The Morgan fingerprint density at radius 3 is 2.38 bits per heavy atom. The third kappa shape index (κ3) is 5.70. The van der Waals surface area contributed by atoms with Gasteiger partial charge in [-0.1, -0.05) is 6.58 Å². The van der Waals surface area contributed by atoms with Gasteiger partial charge in [0.1, 0.15) is 0 Å². The molecule has 1 unspecified atom stereocenters. The molecule has 7 nitrogen and oxygen atoms in total. The molecule has 2 heterocycles. The van der Waals surface area contributed by atoms with Crippen molar-refractivity contribution >= 4 is 28.7 Å². The second-order valence-corrected chi connectivity index (χ2v) is 7.65. The van der Waals surface area contributed by atoms with Crippen LogP contribution in [0, 0.1) is 0 Å². The minimum atomic E-state index is -4.41. The maximum atomic E-state index is 12.9. The fraction of sp³-hybridized carbons (Fsp3) is 0.208. The Kier molecular flexibility index (Phi) is 6.78. The van der Waals surface area contributed by atoms with E-state index in [0.29, 0.717) is 41.7 Å². The average molecular weight is 469 g/mol. The molecule has 1 saturated heterocycles. The second-order valence-electron chi connectivity index (χ2n) is 7.65. The van der Waals surface area contributed by atoms with Crippen LogP contribution in [0.25, 0.3) is 11.4 Å². The van der Waals surface area contributed by atoms with Crippen molar-refractivity contribution in [2.75, 3.05) is 29.2 Å². The molecule has 1 amide bonds. The summed E-state index contributed by atoms with van der Waals surface area (Å²) < 4.78 is 44.0. The van der Waals surface area contributed by atoms with E-state index in [-0.39, 0.29) is 11.9 Å². The first kappa shape index (κ1) is 23.2. The summed E-state index contributed by atoms with van der Waals surface area (Å²) in [6.45, 7) is 4.77. The van der Waals surface area contributed by atoms with Gasteiger partial charge in [0.25, 0.3) is 0 Å². The molecule has 3 aromatic rings. The van der Waals surface area contributed by atoms with E-state index in [0.717, 1.165) is 30.3 Å². The van der Waals surface area contributed by atoms with Gasteiger partial charge in [-0.2, -0.15) is 13.2 Å². The van der Waals surface area contributed by atoms with Crippen molar-refractivity contribution in [1.82, 2.24) is 9.97 Å². The van der Waals surface area contributed by atoms with Crippen molar-refractivity contribution < 1.29 is 22.7 Å². The molecule has 10 heteroatoms. The van der Waals surface area contributed by atoms with E-state index in [9.17, 15) is 18.0 Å². The van der Waals surface area contributed by atoms with Crippen LogP contribution in [0.15, 0.2) is 67.5 Å². The van der Waals surface area contributed by atoms with E-state index < -0.39 is 11.7 Å². The van der Waals surface area contributed by atoms with Gasteiger partial charge in [0.2, 0.25) is 5.91 Å². The molecule has 1 aliphatic rings. The Morgan fingerprint density at radius 2 is 1.76 bits per heavy atom. The molecule has 1 atom stereocenters. The van der Waals surface area contributed by atoms with E-state index in [2.05, 4.69) is 32.5 Å². The SMILES string of the molecule is C=CC(=O)Nc1ccc(Nc2ccc(C(F)(F)F)cc2)c(-c2ncc(NC3CCOC3)cn2)c1. The minimum Gasteiger partial charge on any atom is -0.379 e. The van der Waals surface area contributed by atoms with Gasteiger partial charge < -0.3 is 20.7 Å². The van der Waals surface area contributed by atoms with E-state index in [1.807, 2.05) is 0 Å². The number of nitrogens with zero attached hydrogens (tertiary/aromatic N) is 2. The van der Waals surface area contributed by atoms with Crippen LogP contribution in [0.1, 0.15) is 12.0 Å². The predicted octanol–water partition coefficient (Wildman–Crippen LogP) is 5.23. The number of ether oxygens (including phenoxy) is 1. The van der Waals surface area contributed by atoms with Crippen LogP contribution in [0.4, 0.5) is 35.9 Å². The molecular weight excluding hydrogens is 447 g/mol. The van der Waals surface area contributed by atoms with Crippen molar-refractivity contribution in [3.05, 3.63) is 73.1 Å². The number of aromatic nitrogens is 2. The highest BCUT2D eigenvalue weighted by Gasteiger charge is 2.30. The zero-order valence-corrected chi connectivity index (χ0v) is 18.0. The number of hydrogen-bond acceptors (Lipinski definition) is 6. The molecule has 3 N–H and O–H groups in total. The quantitative estimate of drug-likeness (QED) is 0.411. The number of amides is 1. The summed E-state index contributed by atoms with van der Waals surface area (Å²) in [7, 11) is 0. The lowest BCUT2D eigenvalue weighted by molar-refractivity contribution is -0.137. The smallest absolute Gasteiger partial charge is 0.379 e. The Hall–Kier alpha value is -3.92. The van der Waals surface area contributed by atoms with E-state index in [1.54, 1.807) is 30.6 Å². The summed E-state index contributed by atoms with van der Waals surface area (Å²) in [5.74, 6) is -0.00835. The molecule has 34 heavy (non-hydrogen) atoms. The van der Waals surface area contributed by atoms with Crippen LogP contribution >= 0.6 is 0 Å². The number of alkyl halides is 3. The van der Waals surface area contributed by atoms with Gasteiger partial charge in [-0.15, -0.1) is 0 Å². The summed E-state index contributed by atoms with van der Waals surface area (Å²) in [6, 6.07) is 9.93. The normalized spacial score (nSPS) is 15.6. The zero-order valence-electron chi connectivity index (χ0n) is 18.0. The highest BCUT2D eigenvalue weighted by molar-refractivity contribution is 5.99. The number of benzene rings is 2. The first-order chi connectivity index (χ1) is 16.3. The van der Waals surface area contributed by atoms with Crippen LogP contribution < -0.4 is 16.0 Å². The zero-order chi connectivity index (χ0) is 24.1. The lowest BCUT2D eigenvalue weighted by Gasteiger charge is -2.15. The van der Waals surface area contributed by atoms with Crippen molar-refractivity contribution in [2.24, 2.45) is 0 Å². The molecule has 1 fully saturated rings. The third-order valence-electron chi connectivity index (χ3n) is 5.16. The fourth-order valence-corrected chi connectivity index (χ4v) is 3.43. The highest BCUT2D eigenvalue weighted by Crippen LogP contribution is 2.33. The van der Waals surface area contributed by atoms with E-state index >= 15 is 0 Å². The first-order valence-electron chi connectivity index (χ1n) is 10.5. The molecule has 0 radical (unpaired) electrons. The van der Waals surface area contributed by atoms with Gasteiger partial charge in [-0.05, 0) is 55.0 Å². The van der Waals surface area contributed by atoms with Crippen LogP contribution in [-0.2, 0) is 15.7 Å². The van der Waals surface area contributed by atoms with Crippen molar-refractivity contribution in [3.8, 4) is 11.4 Å². The number of carbonyl (C=O) groups excluding carboxylic acids is 1. The molecular formula is C24H22F3N5O2. The van der Waals surface area contributed by atoms with Crippen LogP contribution in [0.3, 0.4) is 0 Å². The Morgan fingerprint density at radius 1 is 1.06 bits per heavy atom. The van der Waals surface area contributed by atoms with Crippen LogP contribution in [-0.4, -0.2) is 35.1 Å². The van der Waals surface area contributed by atoms with Gasteiger partial charge in [0, 0.05) is 29.2 Å². The number of halogens is 3.